The zero-order valence-corrected chi connectivity index (χ0v) is 12.8. The van der Waals surface area contributed by atoms with Crippen LogP contribution < -0.4 is 14.8 Å². The minimum absolute atomic E-state index is 0.210. The van der Waals surface area contributed by atoms with E-state index in [0.717, 1.165) is 0 Å². The van der Waals surface area contributed by atoms with Gasteiger partial charge >= 0.3 is 6.18 Å². The number of fused-ring (bicyclic) bond motifs is 1. The van der Waals surface area contributed by atoms with Crippen molar-refractivity contribution < 1.29 is 30.0 Å². The summed E-state index contributed by atoms with van der Waals surface area (Å²) in [6.45, 7) is 1.63. The highest BCUT2D eigenvalue weighted by Crippen LogP contribution is 2.40. The molecule has 1 aliphatic heterocycles. The lowest BCUT2D eigenvalue weighted by atomic mass is 10.1. The van der Waals surface area contributed by atoms with E-state index in [2.05, 4.69) is 4.72 Å². The van der Waals surface area contributed by atoms with Crippen molar-refractivity contribution in [1.82, 2.24) is 4.72 Å². The third kappa shape index (κ3) is 2.91. The molecule has 1 aliphatic rings. The maximum atomic E-state index is 13.1. The van der Waals surface area contributed by atoms with Crippen molar-refractivity contribution in [3.05, 3.63) is 17.7 Å². The molecule has 0 fully saturated rings. The average molecular weight is 359 g/mol. The zero-order chi connectivity index (χ0) is 16.9. The number of hydrogen-bond acceptors (Lipinski definition) is 5. The van der Waals surface area contributed by atoms with E-state index in [-0.39, 0.29) is 18.9 Å². The number of nitrogens with one attached hydrogen (secondary N) is 1. The van der Waals surface area contributed by atoms with Crippen LogP contribution in [0.4, 0.5) is 18.9 Å². The van der Waals surface area contributed by atoms with Crippen LogP contribution in [0.15, 0.2) is 21.9 Å². The Bertz CT molecular complexity index is 819. The first kappa shape index (κ1) is 17.0. The molecule has 0 atom stereocenters. The smallest absolute Gasteiger partial charge is 0.357 e. The van der Waals surface area contributed by atoms with Gasteiger partial charge in [0.1, 0.15) is 4.90 Å². The molecule has 0 spiro atoms. The van der Waals surface area contributed by atoms with Crippen molar-refractivity contribution in [3.8, 4) is 0 Å². The number of hydrogen-bond donors (Lipinski definition) is 2. The molecule has 1 aromatic carbocycles. The fraction of sp³-hybridized carbons (Fsp3) is 0.400. The Hall–Kier alpha value is -1.37. The Balaban J connectivity index is 2.90. The van der Waals surface area contributed by atoms with E-state index in [4.69, 9.17) is 5.14 Å². The largest absolute Gasteiger partial charge is 0.417 e. The molecule has 0 saturated heterocycles. The number of anilines is 1. The molecule has 2 rings (SSSR count). The molecule has 12 heteroatoms. The topological polar surface area (TPSA) is 110 Å². The minimum Gasteiger partial charge on any atom is -0.357 e. The fourth-order valence-electron chi connectivity index (χ4n) is 2.08. The third-order valence-electron chi connectivity index (χ3n) is 3.13. The van der Waals surface area contributed by atoms with E-state index < -0.39 is 41.6 Å². The molecule has 22 heavy (non-hydrogen) atoms. The maximum Gasteiger partial charge on any atom is 0.417 e. The second-order valence-electron chi connectivity index (χ2n) is 4.52. The average Bonchev–Trinajstić information content (AvgIpc) is 2.35. The fourth-order valence-corrected chi connectivity index (χ4v) is 4.13. The molecule has 0 unspecified atom stereocenters. The van der Waals surface area contributed by atoms with Crippen molar-refractivity contribution in [2.75, 3.05) is 18.1 Å². The summed E-state index contributed by atoms with van der Waals surface area (Å²) in [6.07, 6.45) is -5.00. The molecule has 1 heterocycles. The van der Waals surface area contributed by atoms with Crippen molar-refractivity contribution in [2.45, 2.75) is 22.9 Å². The van der Waals surface area contributed by atoms with Crippen LogP contribution in [-0.4, -0.2) is 30.0 Å². The first-order valence-electron chi connectivity index (χ1n) is 5.90. The lowest BCUT2D eigenvalue weighted by Gasteiger charge is -2.31. The van der Waals surface area contributed by atoms with Gasteiger partial charge < -0.3 is 4.90 Å². The van der Waals surface area contributed by atoms with Crippen molar-refractivity contribution in [1.29, 1.82) is 0 Å². The second-order valence-corrected chi connectivity index (χ2v) is 7.79. The summed E-state index contributed by atoms with van der Waals surface area (Å²) in [5, 5.41) is 4.79. The number of sulfonamides is 2. The van der Waals surface area contributed by atoms with E-state index in [1.807, 2.05) is 0 Å². The van der Waals surface area contributed by atoms with Gasteiger partial charge in [0.25, 0.3) is 0 Å². The highest BCUT2D eigenvalue weighted by Gasteiger charge is 2.40. The molecule has 0 radical (unpaired) electrons. The number of benzene rings is 1. The number of primary sulfonamides is 1. The van der Waals surface area contributed by atoms with Crippen molar-refractivity contribution in [3.63, 3.8) is 0 Å². The molecule has 3 N–H and O–H groups in total. The van der Waals surface area contributed by atoms with Crippen LogP contribution >= 0.6 is 0 Å². The molecular formula is C10H12F3N3O4S2. The van der Waals surface area contributed by atoms with Gasteiger partial charge in [0.15, 0.2) is 0 Å². The number of alkyl halides is 3. The van der Waals surface area contributed by atoms with Crippen LogP contribution in [0.3, 0.4) is 0 Å². The Morgan fingerprint density at radius 1 is 1.36 bits per heavy atom. The zero-order valence-electron chi connectivity index (χ0n) is 11.2. The Morgan fingerprint density at radius 3 is 2.41 bits per heavy atom. The van der Waals surface area contributed by atoms with Gasteiger partial charge in [-0.1, -0.05) is 0 Å². The molecule has 0 saturated carbocycles. The summed E-state index contributed by atoms with van der Waals surface area (Å²) in [5.74, 6) is 0. The minimum atomic E-state index is -5.00. The molecule has 0 aromatic heterocycles. The Labute approximate surface area is 125 Å². The Morgan fingerprint density at radius 2 is 1.95 bits per heavy atom. The van der Waals surface area contributed by atoms with E-state index >= 15 is 0 Å². The lowest BCUT2D eigenvalue weighted by molar-refractivity contribution is -0.139. The summed E-state index contributed by atoms with van der Waals surface area (Å²) >= 11 is 0. The molecule has 0 amide bonds. The van der Waals surface area contributed by atoms with Gasteiger partial charge in [-0.25, -0.2) is 22.0 Å². The van der Waals surface area contributed by atoms with Crippen LogP contribution in [0.1, 0.15) is 12.5 Å². The Kier molecular flexibility index (Phi) is 3.92. The van der Waals surface area contributed by atoms with Crippen LogP contribution in [0, 0.1) is 0 Å². The summed E-state index contributed by atoms with van der Waals surface area (Å²) in [7, 11) is -8.86. The maximum absolute atomic E-state index is 13.1. The molecule has 1 aromatic rings. The van der Waals surface area contributed by atoms with Crippen LogP contribution in [0.2, 0.25) is 0 Å². The number of rotatable bonds is 2. The second kappa shape index (κ2) is 5.08. The molecule has 124 valence electrons. The first-order valence-corrected chi connectivity index (χ1v) is 8.93. The van der Waals surface area contributed by atoms with Gasteiger partial charge in [-0.05, 0) is 19.1 Å². The molecule has 7 nitrogen and oxygen atoms in total. The molecule has 0 aliphatic carbocycles. The molecule has 0 bridgehead atoms. The van der Waals surface area contributed by atoms with E-state index in [0.29, 0.717) is 12.1 Å². The van der Waals surface area contributed by atoms with Crippen LogP contribution in [0.5, 0.6) is 0 Å². The van der Waals surface area contributed by atoms with Crippen molar-refractivity contribution >= 4 is 25.7 Å². The van der Waals surface area contributed by atoms with E-state index in [1.165, 1.54) is 4.90 Å². The SMILES string of the molecule is CCN1CNS(=O)(=O)c2cc(S(N)(=O)=O)c(C(F)(F)F)cc21. The summed E-state index contributed by atoms with van der Waals surface area (Å²) in [6, 6.07) is 0.939. The third-order valence-corrected chi connectivity index (χ3v) is 5.50. The van der Waals surface area contributed by atoms with Gasteiger partial charge in [0.2, 0.25) is 20.0 Å². The predicted molar refractivity (Wildman–Crippen MR) is 71.0 cm³/mol. The van der Waals surface area contributed by atoms with E-state index in [9.17, 15) is 30.0 Å². The summed E-state index contributed by atoms with van der Waals surface area (Å²) in [5.41, 5.74) is -1.72. The predicted octanol–water partition coefficient (Wildman–Crippen LogP) is 0.429. The van der Waals surface area contributed by atoms with Gasteiger partial charge in [-0.2, -0.15) is 17.9 Å². The van der Waals surface area contributed by atoms with Crippen LogP contribution in [0.25, 0.3) is 0 Å². The monoisotopic (exact) mass is 359 g/mol. The number of nitrogens with two attached hydrogens (primary N) is 1. The van der Waals surface area contributed by atoms with Gasteiger partial charge in [-0.3, -0.25) is 0 Å². The van der Waals surface area contributed by atoms with Gasteiger partial charge in [0, 0.05) is 6.54 Å². The quantitative estimate of drug-likeness (QED) is 0.796. The number of nitrogens with zero attached hydrogens (tertiary/aromatic N) is 1. The summed E-state index contributed by atoms with van der Waals surface area (Å²) in [4.78, 5) is -0.502. The summed E-state index contributed by atoms with van der Waals surface area (Å²) < 4.78 is 88.0. The van der Waals surface area contributed by atoms with Gasteiger partial charge in [-0.15, -0.1) is 0 Å². The standard InChI is InChI=1S/C10H12F3N3O4S2/c1-2-16-5-15-22(19,20)9-4-8(21(14,17)18)6(3-7(9)16)10(11,12)13/h3-4,15H,2,5H2,1H3,(H2,14,17,18). The number of halogens is 3. The highest BCUT2D eigenvalue weighted by molar-refractivity contribution is 7.90. The van der Waals surface area contributed by atoms with E-state index in [1.54, 1.807) is 6.92 Å². The highest BCUT2D eigenvalue weighted by atomic mass is 32.2. The van der Waals surface area contributed by atoms with Gasteiger partial charge in [0.05, 0.1) is 22.8 Å². The van der Waals surface area contributed by atoms with Crippen LogP contribution in [-0.2, 0) is 26.2 Å². The van der Waals surface area contributed by atoms with Crippen molar-refractivity contribution in [2.24, 2.45) is 5.14 Å². The lowest BCUT2D eigenvalue weighted by Crippen LogP contribution is -2.43. The molecular weight excluding hydrogens is 347 g/mol. The first-order chi connectivity index (χ1) is 9.88. The normalized spacial score (nSPS) is 18.1.